The fourth-order valence-corrected chi connectivity index (χ4v) is 7.99. The first-order chi connectivity index (χ1) is 24.7. The third kappa shape index (κ3) is 9.47. The van der Waals surface area contributed by atoms with E-state index in [9.17, 15) is 18.3 Å². The minimum Gasteiger partial charge on any atom is -0.392 e. The highest BCUT2D eigenvalue weighted by molar-refractivity contribution is 7.99. The number of hydrogen-bond donors (Lipinski definition) is 3. The molecule has 10 nitrogen and oxygen atoms in total. The Kier molecular flexibility index (Phi) is 11.9. The van der Waals surface area contributed by atoms with Crippen LogP contribution in [0.3, 0.4) is 0 Å². The van der Waals surface area contributed by atoms with Crippen LogP contribution in [0.1, 0.15) is 47.1 Å². The first-order valence-electron chi connectivity index (χ1n) is 16.6. The van der Waals surface area contributed by atoms with Crippen LogP contribution in [0.25, 0.3) is 0 Å². The number of aliphatic hydroxyl groups is 1. The number of sulfonamides is 1. The van der Waals surface area contributed by atoms with E-state index in [-0.39, 0.29) is 36.0 Å². The predicted octanol–water partition coefficient (Wildman–Crippen LogP) is 6.39. The van der Waals surface area contributed by atoms with Crippen LogP contribution in [0.15, 0.2) is 132 Å². The van der Waals surface area contributed by atoms with Gasteiger partial charge in [-0.3, -0.25) is 4.79 Å². The van der Waals surface area contributed by atoms with Crippen molar-refractivity contribution in [3.8, 4) is 0 Å². The normalized spacial score (nSPS) is 19.7. The highest BCUT2D eigenvalue weighted by atomic mass is 32.2. The van der Waals surface area contributed by atoms with Crippen LogP contribution in [0.2, 0.25) is 0 Å². The Morgan fingerprint density at radius 3 is 2.29 bits per heavy atom. The highest BCUT2D eigenvalue weighted by Crippen LogP contribution is 2.43. The number of aromatic nitrogens is 2. The third-order valence-electron chi connectivity index (χ3n) is 8.70. The summed E-state index contributed by atoms with van der Waals surface area (Å²) >= 11 is 1.50. The number of amides is 1. The average Bonchev–Trinajstić information content (AvgIpc) is 3.15. The Morgan fingerprint density at radius 2 is 1.59 bits per heavy atom. The van der Waals surface area contributed by atoms with Gasteiger partial charge >= 0.3 is 0 Å². The molecular weight excluding hydrogens is 685 g/mol. The lowest BCUT2D eigenvalue weighted by atomic mass is 9.91. The summed E-state index contributed by atoms with van der Waals surface area (Å²) in [6, 6.07) is 31.3. The number of aryl methyl sites for hydroxylation is 1. The summed E-state index contributed by atoms with van der Waals surface area (Å²) in [5.74, 6) is 0.0278. The lowest BCUT2D eigenvalue weighted by molar-refractivity contribution is -0.268. The molecule has 1 saturated heterocycles. The molecule has 1 fully saturated rings. The standard InChI is InChI=1S/C39H40N4O6S2/c1-26-12-18-33(19-13-26)51(46,47)43-34(22-28-8-4-3-5-9-28)37(45)42-32-11-6-10-31(23-32)38-48-35(25-50-39-40-20-7-21-41-39)27(2)36(49-38)30-16-14-29(24-44)15-17-30/h3-21,23,27,34-36,38,43-44H,22,24-25H2,1-2H3,(H,42,45)/t27-,34+,35+,36+,38+/m0/s1. The van der Waals surface area contributed by atoms with Crippen LogP contribution in [0.4, 0.5) is 5.69 Å². The molecule has 1 aromatic heterocycles. The van der Waals surface area contributed by atoms with Gasteiger partial charge in [0.1, 0.15) is 6.04 Å². The van der Waals surface area contributed by atoms with E-state index >= 15 is 0 Å². The molecule has 0 unspecified atom stereocenters. The lowest BCUT2D eigenvalue weighted by Gasteiger charge is -2.41. The molecule has 2 heterocycles. The Hall–Kier alpha value is -4.43. The first-order valence-corrected chi connectivity index (χ1v) is 19.1. The molecule has 12 heteroatoms. The van der Waals surface area contributed by atoms with Gasteiger partial charge in [0.05, 0.1) is 23.7 Å². The van der Waals surface area contributed by atoms with Crippen molar-refractivity contribution in [2.75, 3.05) is 11.1 Å². The van der Waals surface area contributed by atoms with Gasteiger partial charge < -0.3 is 19.9 Å². The number of carbonyl (C=O) groups is 1. The maximum absolute atomic E-state index is 13.8. The first kappa shape index (κ1) is 36.4. The molecule has 0 aliphatic carbocycles. The zero-order valence-electron chi connectivity index (χ0n) is 28.3. The van der Waals surface area contributed by atoms with Gasteiger partial charge in [0.2, 0.25) is 15.9 Å². The van der Waals surface area contributed by atoms with Crippen LogP contribution in [0.5, 0.6) is 0 Å². The molecule has 5 aromatic rings. The molecular formula is C39H40N4O6S2. The van der Waals surface area contributed by atoms with Crippen molar-refractivity contribution in [2.45, 2.75) is 61.5 Å². The highest BCUT2D eigenvalue weighted by Gasteiger charge is 2.38. The van der Waals surface area contributed by atoms with Crippen LogP contribution >= 0.6 is 11.8 Å². The molecule has 4 aromatic carbocycles. The van der Waals surface area contributed by atoms with Crippen molar-refractivity contribution in [1.29, 1.82) is 0 Å². The van der Waals surface area contributed by atoms with Gasteiger partial charge in [-0.25, -0.2) is 18.4 Å². The number of thioether (sulfide) groups is 1. The number of rotatable bonds is 13. The second-order valence-electron chi connectivity index (χ2n) is 12.5. The summed E-state index contributed by atoms with van der Waals surface area (Å²) in [5.41, 5.74) is 4.63. The number of benzene rings is 4. The van der Waals surface area contributed by atoms with Crippen molar-refractivity contribution >= 4 is 33.4 Å². The van der Waals surface area contributed by atoms with Crippen LogP contribution in [0, 0.1) is 12.8 Å². The van der Waals surface area contributed by atoms with Crippen molar-refractivity contribution in [2.24, 2.45) is 5.92 Å². The van der Waals surface area contributed by atoms with Gasteiger partial charge in [-0.2, -0.15) is 4.72 Å². The Morgan fingerprint density at radius 1 is 0.863 bits per heavy atom. The Bertz CT molecular complexity index is 2000. The molecule has 0 spiro atoms. The van der Waals surface area contributed by atoms with E-state index in [0.29, 0.717) is 22.2 Å². The molecule has 6 rings (SSSR count). The zero-order chi connectivity index (χ0) is 35.8. The van der Waals surface area contributed by atoms with E-state index in [1.165, 1.54) is 23.9 Å². The fourth-order valence-electron chi connectivity index (χ4n) is 5.83. The molecule has 51 heavy (non-hydrogen) atoms. The second-order valence-corrected chi connectivity index (χ2v) is 15.2. The zero-order valence-corrected chi connectivity index (χ0v) is 29.9. The number of ether oxygens (including phenoxy) is 2. The van der Waals surface area contributed by atoms with Gasteiger partial charge in [0, 0.05) is 35.3 Å². The molecule has 1 aliphatic heterocycles. The van der Waals surface area contributed by atoms with Gasteiger partial charge in [0.25, 0.3) is 0 Å². The number of aliphatic hydroxyl groups excluding tert-OH is 1. The maximum Gasteiger partial charge on any atom is 0.242 e. The Balaban J connectivity index is 1.24. The second kappa shape index (κ2) is 16.7. The molecule has 1 amide bonds. The summed E-state index contributed by atoms with van der Waals surface area (Å²) < 4.78 is 42.6. The van der Waals surface area contributed by atoms with Crippen LogP contribution < -0.4 is 10.0 Å². The summed E-state index contributed by atoms with van der Waals surface area (Å²) in [5, 5.41) is 13.2. The van der Waals surface area contributed by atoms with Crippen molar-refractivity contribution in [3.63, 3.8) is 0 Å². The van der Waals surface area contributed by atoms with E-state index < -0.39 is 28.3 Å². The SMILES string of the molecule is Cc1ccc(S(=O)(=O)N[C@H](Cc2ccccc2)C(=O)Nc2cccc([C@@H]3O[C@H](CSc4ncccn4)[C@H](C)[C@H](c4ccc(CO)cc4)O3)c2)cc1. The molecule has 3 N–H and O–H groups in total. The molecule has 0 saturated carbocycles. The topological polar surface area (TPSA) is 140 Å². The van der Waals surface area contributed by atoms with Crippen LogP contribution in [-0.2, 0) is 37.3 Å². The van der Waals surface area contributed by atoms with E-state index in [1.54, 1.807) is 48.8 Å². The van der Waals surface area contributed by atoms with Crippen molar-refractivity contribution < 1.29 is 27.8 Å². The smallest absolute Gasteiger partial charge is 0.242 e. The monoisotopic (exact) mass is 724 g/mol. The molecule has 264 valence electrons. The van der Waals surface area contributed by atoms with Gasteiger partial charge in [-0.05, 0) is 60.4 Å². The molecule has 0 radical (unpaired) electrons. The summed E-state index contributed by atoms with van der Waals surface area (Å²) in [7, 11) is -4.01. The number of nitrogens with zero attached hydrogens (tertiary/aromatic N) is 2. The summed E-state index contributed by atoms with van der Waals surface area (Å²) in [6.45, 7) is 3.91. The predicted molar refractivity (Wildman–Crippen MR) is 196 cm³/mol. The number of hydrogen-bond acceptors (Lipinski definition) is 9. The van der Waals surface area contributed by atoms with Crippen molar-refractivity contribution in [3.05, 3.63) is 149 Å². The van der Waals surface area contributed by atoms with E-state index in [4.69, 9.17) is 9.47 Å². The minimum absolute atomic E-state index is 0.0411. The third-order valence-corrected chi connectivity index (χ3v) is 11.1. The van der Waals surface area contributed by atoms with Crippen molar-refractivity contribution in [1.82, 2.24) is 14.7 Å². The summed E-state index contributed by atoms with van der Waals surface area (Å²) in [4.78, 5) is 22.6. The maximum atomic E-state index is 13.8. The lowest BCUT2D eigenvalue weighted by Crippen LogP contribution is -2.45. The summed E-state index contributed by atoms with van der Waals surface area (Å²) in [6.07, 6.45) is 2.20. The number of nitrogens with one attached hydrogen (secondary N) is 2. The van der Waals surface area contributed by atoms with E-state index in [1.807, 2.05) is 67.6 Å². The average molecular weight is 725 g/mol. The van der Waals surface area contributed by atoms with Crippen LogP contribution in [-0.4, -0.2) is 47.3 Å². The molecule has 1 aliphatic rings. The van der Waals surface area contributed by atoms with E-state index in [0.717, 1.165) is 22.3 Å². The molecule has 5 atom stereocenters. The Labute approximate surface area is 302 Å². The number of anilines is 1. The largest absolute Gasteiger partial charge is 0.392 e. The van der Waals surface area contributed by atoms with Gasteiger partial charge in [-0.1, -0.05) is 103 Å². The van der Waals surface area contributed by atoms with Gasteiger partial charge in [0.15, 0.2) is 11.4 Å². The fraction of sp³-hybridized carbons (Fsp3) is 0.256. The van der Waals surface area contributed by atoms with Gasteiger partial charge in [-0.15, -0.1) is 0 Å². The van der Waals surface area contributed by atoms with E-state index in [2.05, 4.69) is 26.9 Å². The minimum atomic E-state index is -4.01. The molecule has 0 bridgehead atoms. The number of carbonyl (C=O) groups excluding carboxylic acids is 1. The quantitative estimate of drug-likeness (QED) is 0.0932.